The number of carbonyl (C=O) groups is 1. The Kier molecular flexibility index (Phi) is 6.01. The Morgan fingerprint density at radius 1 is 1.09 bits per heavy atom. The van der Waals surface area contributed by atoms with Crippen molar-refractivity contribution in [2.24, 2.45) is 0 Å². The van der Waals surface area contributed by atoms with Crippen LogP contribution in [0.1, 0.15) is 36.2 Å². The number of carbonyl (C=O) groups excluding carboxylic acids is 1. The Bertz CT molecular complexity index is 578. The molecule has 0 radical (unpaired) electrons. The number of amides is 1. The fourth-order valence-electron chi connectivity index (χ4n) is 2.28. The Hall–Kier alpha value is -2.29. The monoisotopic (exact) mass is 297 g/mol. The molecule has 0 aromatic heterocycles. The molecule has 0 saturated heterocycles. The van der Waals surface area contributed by atoms with E-state index in [0.717, 1.165) is 18.6 Å². The quantitative estimate of drug-likeness (QED) is 0.843. The van der Waals surface area contributed by atoms with Gasteiger partial charge < -0.3 is 10.1 Å². The summed E-state index contributed by atoms with van der Waals surface area (Å²) in [6.45, 7) is 4.60. The van der Waals surface area contributed by atoms with E-state index >= 15 is 0 Å². The third-order valence-corrected chi connectivity index (χ3v) is 3.51. The zero-order chi connectivity index (χ0) is 15.8. The molecule has 1 amide bonds. The summed E-state index contributed by atoms with van der Waals surface area (Å²) in [6, 6.07) is 17.7. The molecule has 116 valence electrons. The molecular weight excluding hydrogens is 274 g/mol. The van der Waals surface area contributed by atoms with Gasteiger partial charge in [-0.05, 0) is 56.5 Å². The van der Waals surface area contributed by atoms with Crippen molar-refractivity contribution in [1.29, 1.82) is 0 Å². The van der Waals surface area contributed by atoms with Gasteiger partial charge in [-0.3, -0.25) is 4.79 Å². The minimum atomic E-state index is -0.0383. The van der Waals surface area contributed by atoms with E-state index in [4.69, 9.17) is 4.74 Å². The largest absolute Gasteiger partial charge is 0.494 e. The third-order valence-electron chi connectivity index (χ3n) is 3.51. The van der Waals surface area contributed by atoms with Crippen molar-refractivity contribution in [1.82, 2.24) is 5.32 Å². The van der Waals surface area contributed by atoms with Crippen molar-refractivity contribution in [3.05, 3.63) is 65.7 Å². The first-order chi connectivity index (χ1) is 10.7. The summed E-state index contributed by atoms with van der Waals surface area (Å²) in [4.78, 5) is 12.2. The van der Waals surface area contributed by atoms with Crippen molar-refractivity contribution >= 4 is 5.91 Å². The third kappa shape index (κ3) is 4.92. The highest BCUT2D eigenvalue weighted by Crippen LogP contribution is 2.12. The fraction of sp³-hybridized carbons (Fsp3) is 0.316. The highest BCUT2D eigenvalue weighted by atomic mass is 16.5. The summed E-state index contributed by atoms with van der Waals surface area (Å²) >= 11 is 0. The number of benzene rings is 2. The van der Waals surface area contributed by atoms with Gasteiger partial charge >= 0.3 is 0 Å². The van der Waals surface area contributed by atoms with Gasteiger partial charge in [0.05, 0.1) is 6.61 Å². The topological polar surface area (TPSA) is 38.3 Å². The van der Waals surface area contributed by atoms with Crippen LogP contribution in [-0.2, 0) is 6.42 Å². The zero-order valence-corrected chi connectivity index (χ0v) is 13.2. The molecule has 2 rings (SSSR count). The highest BCUT2D eigenvalue weighted by Gasteiger charge is 2.10. The summed E-state index contributed by atoms with van der Waals surface area (Å²) in [7, 11) is 0. The van der Waals surface area contributed by atoms with Crippen LogP contribution >= 0.6 is 0 Å². The van der Waals surface area contributed by atoms with E-state index in [-0.39, 0.29) is 11.9 Å². The molecule has 2 aromatic rings. The van der Waals surface area contributed by atoms with Crippen molar-refractivity contribution < 1.29 is 9.53 Å². The average Bonchev–Trinajstić information content (AvgIpc) is 2.55. The molecule has 0 aliphatic rings. The lowest BCUT2D eigenvalue weighted by molar-refractivity contribution is 0.0938. The predicted octanol–water partition coefficient (Wildman–Crippen LogP) is 3.84. The molecule has 0 spiro atoms. The van der Waals surface area contributed by atoms with E-state index in [2.05, 4.69) is 17.4 Å². The Morgan fingerprint density at radius 2 is 1.77 bits per heavy atom. The van der Waals surface area contributed by atoms with Crippen LogP contribution < -0.4 is 10.1 Å². The number of rotatable bonds is 7. The molecule has 1 atom stereocenters. The lowest BCUT2D eigenvalue weighted by Gasteiger charge is -2.14. The summed E-state index contributed by atoms with van der Waals surface area (Å²) < 4.78 is 5.38. The van der Waals surface area contributed by atoms with E-state index in [1.165, 1.54) is 5.56 Å². The van der Waals surface area contributed by atoms with Gasteiger partial charge in [-0.25, -0.2) is 0 Å². The molecule has 0 aliphatic heterocycles. The van der Waals surface area contributed by atoms with E-state index in [0.29, 0.717) is 12.2 Å². The second-order valence-electron chi connectivity index (χ2n) is 5.36. The second-order valence-corrected chi connectivity index (χ2v) is 5.36. The molecule has 22 heavy (non-hydrogen) atoms. The van der Waals surface area contributed by atoms with Crippen molar-refractivity contribution in [2.45, 2.75) is 32.7 Å². The van der Waals surface area contributed by atoms with Gasteiger partial charge in [0.2, 0.25) is 0 Å². The highest BCUT2D eigenvalue weighted by molar-refractivity contribution is 5.94. The first kappa shape index (κ1) is 16.1. The number of nitrogens with one attached hydrogen (secondary N) is 1. The average molecular weight is 297 g/mol. The van der Waals surface area contributed by atoms with Gasteiger partial charge in [-0.2, -0.15) is 0 Å². The van der Waals surface area contributed by atoms with E-state index in [1.54, 1.807) is 12.1 Å². The van der Waals surface area contributed by atoms with Crippen LogP contribution in [0.25, 0.3) is 0 Å². The van der Waals surface area contributed by atoms with Crippen LogP contribution in [0.5, 0.6) is 5.75 Å². The minimum absolute atomic E-state index is 0.0383. The Morgan fingerprint density at radius 3 is 2.41 bits per heavy atom. The molecule has 0 aliphatic carbocycles. The lowest BCUT2D eigenvalue weighted by Crippen LogP contribution is -2.32. The molecule has 0 unspecified atom stereocenters. The summed E-state index contributed by atoms with van der Waals surface area (Å²) in [5.74, 6) is 0.750. The summed E-state index contributed by atoms with van der Waals surface area (Å²) in [6.07, 6.45) is 1.89. The van der Waals surface area contributed by atoms with Crippen molar-refractivity contribution in [2.75, 3.05) is 6.61 Å². The molecular formula is C19H23NO2. The second kappa shape index (κ2) is 8.23. The summed E-state index contributed by atoms with van der Waals surface area (Å²) in [5, 5.41) is 3.04. The lowest BCUT2D eigenvalue weighted by atomic mass is 10.1. The van der Waals surface area contributed by atoms with Crippen molar-refractivity contribution in [3.63, 3.8) is 0 Å². The normalized spacial score (nSPS) is 11.7. The molecule has 0 heterocycles. The minimum Gasteiger partial charge on any atom is -0.494 e. The number of ether oxygens (including phenoxy) is 1. The maximum absolute atomic E-state index is 12.2. The van der Waals surface area contributed by atoms with Crippen LogP contribution in [0.3, 0.4) is 0 Å². The molecule has 0 bridgehead atoms. The van der Waals surface area contributed by atoms with Crippen LogP contribution in [0.4, 0.5) is 0 Å². The smallest absolute Gasteiger partial charge is 0.251 e. The van der Waals surface area contributed by atoms with E-state index < -0.39 is 0 Å². The summed E-state index contributed by atoms with van der Waals surface area (Å²) in [5.41, 5.74) is 1.96. The fourth-order valence-corrected chi connectivity index (χ4v) is 2.28. The first-order valence-electron chi connectivity index (χ1n) is 7.76. The van der Waals surface area contributed by atoms with Gasteiger partial charge in [-0.15, -0.1) is 0 Å². The van der Waals surface area contributed by atoms with Gasteiger partial charge in [0, 0.05) is 11.6 Å². The first-order valence-corrected chi connectivity index (χ1v) is 7.76. The molecule has 3 heteroatoms. The number of aryl methyl sites for hydroxylation is 1. The molecule has 2 aromatic carbocycles. The number of hydrogen-bond donors (Lipinski definition) is 1. The van der Waals surface area contributed by atoms with Gasteiger partial charge in [0.15, 0.2) is 0 Å². The molecule has 3 nitrogen and oxygen atoms in total. The zero-order valence-electron chi connectivity index (χ0n) is 13.2. The molecule has 0 fully saturated rings. The maximum Gasteiger partial charge on any atom is 0.251 e. The molecule has 1 N–H and O–H groups in total. The SMILES string of the molecule is CCOc1ccc(C(=O)N[C@@H](C)CCc2ccccc2)cc1. The van der Waals surface area contributed by atoms with Crippen LogP contribution in [-0.4, -0.2) is 18.6 Å². The molecule has 0 saturated carbocycles. The van der Waals surface area contributed by atoms with Gasteiger partial charge in [0.25, 0.3) is 5.91 Å². The van der Waals surface area contributed by atoms with E-state index in [9.17, 15) is 4.79 Å². The Labute approximate surface area is 132 Å². The predicted molar refractivity (Wildman–Crippen MR) is 89.3 cm³/mol. The van der Waals surface area contributed by atoms with Crippen LogP contribution in [0.2, 0.25) is 0 Å². The standard InChI is InChI=1S/C19H23NO2/c1-3-22-18-13-11-17(12-14-18)19(21)20-15(2)9-10-16-7-5-4-6-8-16/h4-8,11-15H,3,9-10H2,1-2H3,(H,20,21)/t15-/m0/s1. The van der Waals surface area contributed by atoms with Gasteiger partial charge in [-0.1, -0.05) is 30.3 Å². The van der Waals surface area contributed by atoms with Crippen molar-refractivity contribution in [3.8, 4) is 5.75 Å². The maximum atomic E-state index is 12.2. The Balaban J connectivity index is 1.82. The van der Waals surface area contributed by atoms with E-state index in [1.807, 2.05) is 44.2 Å². The van der Waals surface area contributed by atoms with Crippen LogP contribution in [0.15, 0.2) is 54.6 Å². The number of hydrogen-bond acceptors (Lipinski definition) is 2. The van der Waals surface area contributed by atoms with Crippen LogP contribution in [0, 0.1) is 0 Å². The van der Waals surface area contributed by atoms with Gasteiger partial charge in [0.1, 0.15) is 5.75 Å².